The van der Waals surface area contributed by atoms with Gasteiger partial charge in [0.05, 0.1) is 4.11 Å². The lowest BCUT2D eigenvalue weighted by molar-refractivity contribution is -0.136. The van der Waals surface area contributed by atoms with Crippen molar-refractivity contribution in [1.82, 2.24) is 10.2 Å². The van der Waals surface area contributed by atoms with E-state index in [2.05, 4.69) is 0 Å². The smallest absolute Gasteiger partial charge is 0.255 e. The molecule has 0 bridgehead atoms. The van der Waals surface area contributed by atoms with Crippen LogP contribution in [0, 0.1) is 0 Å². The Bertz CT molecular complexity index is 722. The van der Waals surface area contributed by atoms with Crippen LogP contribution in [-0.4, -0.2) is 28.6 Å². The molecule has 0 saturated carbocycles. The number of piperidine rings is 1. The largest absolute Gasteiger partial charge is 0.398 e. The number of hydrogen-bond donors (Lipinski definition) is 2. The van der Waals surface area contributed by atoms with Crippen molar-refractivity contribution in [1.29, 1.82) is 0 Å². The van der Waals surface area contributed by atoms with Gasteiger partial charge in [-0.15, -0.1) is 0 Å². The number of nitrogen functional groups attached to an aromatic ring is 1. The zero-order valence-corrected chi connectivity index (χ0v) is 9.90. The van der Waals surface area contributed by atoms with E-state index < -0.39 is 30.2 Å². The second-order valence-electron chi connectivity index (χ2n) is 4.35. The van der Waals surface area contributed by atoms with Gasteiger partial charge in [0.2, 0.25) is 11.8 Å². The van der Waals surface area contributed by atoms with Gasteiger partial charge in [-0.25, -0.2) is 0 Å². The highest BCUT2D eigenvalue weighted by Gasteiger charge is 2.39. The van der Waals surface area contributed by atoms with Crippen LogP contribution >= 0.6 is 0 Å². The average molecular weight is 262 g/mol. The summed E-state index contributed by atoms with van der Waals surface area (Å²) in [6, 6.07) is 2.17. The van der Waals surface area contributed by atoms with Crippen molar-refractivity contribution in [2.24, 2.45) is 0 Å². The molecule has 2 aliphatic rings. The fraction of sp³-hybridized carbons (Fsp3) is 0.308. The zero-order chi connectivity index (χ0) is 16.3. The fourth-order valence-corrected chi connectivity index (χ4v) is 2.17. The number of anilines is 1. The van der Waals surface area contributed by atoms with Gasteiger partial charge >= 0.3 is 0 Å². The van der Waals surface area contributed by atoms with Gasteiger partial charge in [0.25, 0.3) is 5.91 Å². The predicted octanol–water partition coefficient (Wildman–Crippen LogP) is 0.0298. The van der Waals surface area contributed by atoms with Crippen molar-refractivity contribution in [2.45, 2.75) is 25.4 Å². The Hall–Kier alpha value is -2.37. The molecule has 3 N–H and O–H groups in total. The molecule has 3 amide bonds. The summed E-state index contributed by atoms with van der Waals surface area (Å²) in [6.45, 7) is -2.41. The summed E-state index contributed by atoms with van der Waals surface area (Å²) in [6.07, 6.45) is -0.405. The Morgan fingerprint density at radius 2 is 2.21 bits per heavy atom. The van der Waals surface area contributed by atoms with E-state index in [-0.39, 0.29) is 29.7 Å². The highest BCUT2D eigenvalue weighted by molar-refractivity contribution is 6.06. The van der Waals surface area contributed by atoms with Crippen molar-refractivity contribution in [3.63, 3.8) is 0 Å². The molecule has 1 aromatic carbocycles. The molecule has 0 unspecified atom stereocenters. The third kappa shape index (κ3) is 1.76. The van der Waals surface area contributed by atoms with Gasteiger partial charge in [-0.3, -0.25) is 19.7 Å². The Morgan fingerprint density at radius 1 is 1.42 bits per heavy atom. The molecule has 0 radical (unpaired) electrons. The standard InChI is InChI=1S/C13H13N3O3/c14-9-3-1-2-7-8(9)6-16(13(7)19)10-4-5-11(17)15-12(10)18/h1-3,10H,4-6,14H2,(H,15,17,18)/t10-/m1/s1/i6D2,10D. The van der Waals surface area contributed by atoms with Gasteiger partial charge in [0.1, 0.15) is 6.02 Å². The van der Waals surface area contributed by atoms with Crippen LogP contribution in [0.15, 0.2) is 18.2 Å². The van der Waals surface area contributed by atoms with Crippen LogP contribution in [0.1, 0.15) is 32.9 Å². The van der Waals surface area contributed by atoms with E-state index >= 15 is 0 Å². The Morgan fingerprint density at radius 3 is 2.89 bits per heavy atom. The monoisotopic (exact) mass is 262 g/mol. The second kappa shape index (κ2) is 4.08. The number of nitrogens with two attached hydrogens (primary N) is 1. The maximum absolute atomic E-state index is 12.5. The zero-order valence-electron chi connectivity index (χ0n) is 12.9. The molecule has 6 heteroatoms. The average Bonchev–Trinajstić information content (AvgIpc) is 2.63. The highest BCUT2D eigenvalue weighted by Crippen LogP contribution is 2.30. The summed E-state index contributed by atoms with van der Waals surface area (Å²) in [7, 11) is 0. The van der Waals surface area contributed by atoms with Gasteiger partial charge in [-0.1, -0.05) is 6.07 Å². The van der Waals surface area contributed by atoms with Crippen LogP contribution in [0.2, 0.25) is 0 Å². The quantitative estimate of drug-likeness (QED) is 0.551. The molecular weight excluding hydrogens is 246 g/mol. The lowest BCUT2D eigenvalue weighted by Gasteiger charge is -2.29. The van der Waals surface area contributed by atoms with Crippen molar-refractivity contribution in [2.75, 3.05) is 5.73 Å². The van der Waals surface area contributed by atoms with E-state index in [0.717, 1.165) is 0 Å². The summed E-state index contributed by atoms with van der Waals surface area (Å²) in [5, 5.41) is 1.99. The summed E-state index contributed by atoms with van der Waals surface area (Å²) >= 11 is 0. The molecule has 0 spiro atoms. The van der Waals surface area contributed by atoms with Crippen LogP contribution in [0.5, 0.6) is 0 Å². The van der Waals surface area contributed by atoms with Gasteiger partial charge < -0.3 is 10.6 Å². The number of hydrogen-bond acceptors (Lipinski definition) is 4. The first-order valence-corrected chi connectivity index (χ1v) is 5.77. The van der Waals surface area contributed by atoms with E-state index in [1.807, 2.05) is 5.32 Å². The number of benzene rings is 1. The molecule has 0 aromatic heterocycles. The number of nitrogens with one attached hydrogen (secondary N) is 1. The first-order valence-electron chi connectivity index (χ1n) is 7.27. The molecule has 1 aromatic rings. The van der Waals surface area contributed by atoms with Gasteiger partial charge in [-0.2, -0.15) is 0 Å². The third-order valence-corrected chi connectivity index (χ3v) is 3.13. The summed E-state index contributed by atoms with van der Waals surface area (Å²) in [5.41, 5.74) is 5.83. The number of rotatable bonds is 1. The number of imide groups is 1. The molecule has 1 atom stereocenters. The molecule has 19 heavy (non-hydrogen) atoms. The number of carbonyl (C=O) groups excluding carboxylic acids is 3. The van der Waals surface area contributed by atoms with E-state index in [4.69, 9.17) is 9.85 Å². The molecule has 3 rings (SSSR count). The minimum absolute atomic E-state index is 0.0290. The van der Waals surface area contributed by atoms with E-state index in [9.17, 15) is 14.4 Å². The molecular formula is C13H13N3O3. The minimum atomic E-state index is -2.41. The van der Waals surface area contributed by atoms with Crippen LogP contribution in [-0.2, 0) is 16.1 Å². The molecule has 1 saturated heterocycles. The molecule has 98 valence electrons. The highest BCUT2D eigenvalue weighted by atomic mass is 16.2. The fourth-order valence-electron chi connectivity index (χ4n) is 2.17. The molecule has 1 fully saturated rings. The van der Waals surface area contributed by atoms with Gasteiger partial charge in [0, 0.05) is 29.7 Å². The van der Waals surface area contributed by atoms with Crippen molar-refractivity contribution < 1.29 is 18.5 Å². The molecule has 2 heterocycles. The first kappa shape index (κ1) is 8.68. The predicted molar refractivity (Wildman–Crippen MR) is 66.9 cm³/mol. The number of nitrogens with zero attached hydrogens (tertiary/aromatic N) is 1. The normalized spacial score (nSPS) is 31.3. The first-order chi connectivity index (χ1) is 10.2. The number of fused-ring (bicyclic) bond motifs is 1. The summed E-state index contributed by atoms with van der Waals surface area (Å²) in [4.78, 5) is 36.4. The number of carbonyl (C=O) groups is 3. The van der Waals surface area contributed by atoms with Crippen LogP contribution in [0.25, 0.3) is 0 Å². The minimum Gasteiger partial charge on any atom is -0.398 e. The van der Waals surface area contributed by atoms with Crippen molar-refractivity contribution in [3.8, 4) is 0 Å². The lowest BCUT2D eigenvalue weighted by Crippen LogP contribution is -2.52. The topological polar surface area (TPSA) is 92.5 Å². The van der Waals surface area contributed by atoms with Crippen molar-refractivity contribution in [3.05, 3.63) is 29.3 Å². The Labute approximate surface area is 113 Å². The molecule has 6 nitrogen and oxygen atoms in total. The summed E-state index contributed by atoms with van der Waals surface area (Å²) < 4.78 is 24.7. The van der Waals surface area contributed by atoms with Crippen LogP contribution < -0.4 is 11.1 Å². The van der Waals surface area contributed by atoms with E-state index in [0.29, 0.717) is 4.90 Å². The van der Waals surface area contributed by atoms with Crippen molar-refractivity contribution >= 4 is 23.4 Å². The summed E-state index contributed by atoms with van der Waals surface area (Å²) in [5.74, 6) is -2.34. The lowest BCUT2D eigenvalue weighted by atomic mass is 10.0. The maximum Gasteiger partial charge on any atom is 0.255 e. The van der Waals surface area contributed by atoms with Gasteiger partial charge in [0.15, 0.2) is 0 Å². The van der Waals surface area contributed by atoms with Crippen LogP contribution in [0.4, 0.5) is 5.69 Å². The Kier molecular flexibility index (Phi) is 1.87. The molecule has 0 aliphatic carbocycles. The number of amides is 3. The maximum atomic E-state index is 12.5. The van der Waals surface area contributed by atoms with Crippen LogP contribution in [0.3, 0.4) is 0 Å². The molecule has 2 aliphatic heterocycles. The SMILES string of the molecule is [2H]C1([2H])c2c(N)cccc2C(=O)N1[C@]1([2H])CCC(=O)NC1=O. The Balaban J connectivity index is 2.14. The third-order valence-electron chi connectivity index (χ3n) is 3.13. The van der Waals surface area contributed by atoms with E-state index in [1.165, 1.54) is 18.2 Å². The van der Waals surface area contributed by atoms with Gasteiger partial charge in [-0.05, 0) is 18.6 Å². The van der Waals surface area contributed by atoms with E-state index in [1.54, 1.807) is 0 Å². The second-order valence-corrected chi connectivity index (χ2v) is 4.35.